The highest BCUT2D eigenvalue weighted by Gasteiger charge is 2.43. The molecule has 5 aliphatic carbocycles. The Morgan fingerprint density at radius 3 is 1.07 bits per heavy atom. The summed E-state index contributed by atoms with van der Waals surface area (Å²) in [4.78, 5) is 43.8. The van der Waals surface area contributed by atoms with Gasteiger partial charge in [0, 0.05) is 25.9 Å². The fourth-order valence-corrected chi connectivity index (χ4v) is 17.6. The minimum absolute atomic E-state index is 0. The molecule has 134 heavy (non-hydrogen) atoms. The van der Waals surface area contributed by atoms with E-state index < -0.39 is 60.5 Å². The number of aliphatic hydroxyl groups excluding tert-OH is 1. The highest BCUT2D eigenvalue weighted by Crippen LogP contribution is 2.40. The fourth-order valence-electron chi connectivity index (χ4n) is 17.2. The molecule has 20 heteroatoms. The second kappa shape index (κ2) is 58.5. The molecule has 6 N–H and O–H groups in total. The van der Waals surface area contributed by atoms with Crippen LogP contribution in [0, 0.1) is 34.6 Å². The van der Waals surface area contributed by atoms with Crippen molar-refractivity contribution in [3.8, 4) is 0 Å². The molecular formula is C114H152BBrF9N4O5. The molecule has 10 aromatic carbocycles. The number of nitrogens with two attached hydrogens (primary N) is 1. The zero-order valence-corrected chi connectivity index (χ0v) is 83.2. The van der Waals surface area contributed by atoms with Gasteiger partial charge in [-0.15, -0.1) is 0 Å². The van der Waals surface area contributed by atoms with Crippen LogP contribution < -0.4 is 21.7 Å². The molecule has 0 saturated heterocycles. The van der Waals surface area contributed by atoms with E-state index in [4.69, 9.17) is 5.73 Å². The van der Waals surface area contributed by atoms with Gasteiger partial charge in [0.25, 0.3) is 0 Å². The van der Waals surface area contributed by atoms with Gasteiger partial charge in [0.15, 0.2) is 0 Å². The van der Waals surface area contributed by atoms with Gasteiger partial charge in [0.1, 0.15) is 12.4 Å². The summed E-state index contributed by atoms with van der Waals surface area (Å²) in [6.45, 7) is 43.5. The molecule has 0 saturated carbocycles. The van der Waals surface area contributed by atoms with E-state index in [0.29, 0.717) is 49.7 Å². The van der Waals surface area contributed by atoms with E-state index >= 15 is 0 Å². The standard InChI is InChI=1S/C21H22F3NO2.C21H22F3NO.C20H24.C19H23N.C11H9BrF3NO.C10H12O.5C2H6.2CH4.B.H2/c1-3-13-10-12(2)4-7-17(13)19(26)15-5-8-16-14(11-15)6-9-18(16)25-20(27)21(22,23)24;1-3-15-10-13(2)4-6-16(15)11-14-5-8-18-17(12-14)7-9-19(18)25-20(26)21(22,23)24;1-4-17-11-14(2)5-8-18(17)12-16-7-10-20-15(3)6-9-19(20)13-16;1-3-15-10-13(2)4-6-16(15)11-14-5-8-18-17(12-14)7-9-19(18)20;12-7-2-3-8-6(5-7)1-4-9(8)16-10(17)11(13,14)15;1-3-9-6-8(2)4-5-10(9)7-11;5*1-2;;;;/h4-5,7-8,10-11,18-19,26H,3,6,9H2,1-2H3,(H,25,27);4-6,8,10,12,19H,3,7,9,11H2,1-2H3,(H,25,26);5,7-8,10-11,13,15H,4,6,9,12H2,1-3H3;4-6,8,10,12,19H,3,7,9,11,20H2,1-2H3;2-3,5,9H,1,4H2,(H,16,17);4-7H,3H2,1-2H3;5*1-2H3;2*1H4;;1H/i;;;;;;;;;;;;;;1+1. The normalized spacial score (nSPS) is 15.3. The summed E-state index contributed by atoms with van der Waals surface area (Å²) in [5, 5.41) is 17.0. The van der Waals surface area contributed by atoms with Gasteiger partial charge in [-0.05, 0) is 296 Å². The first kappa shape index (κ1) is 120. The first-order valence-electron chi connectivity index (χ1n) is 47.2. The Balaban J connectivity index is 0.000000801. The number of carbonyl (C=O) groups excluding carboxylic acids is 4. The number of carbonyl (C=O) groups is 4. The van der Waals surface area contributed by atoms with E-state index in [1.807, 2.05) is 144 Å². The Hall–Kier alpha value is -9.89. The molecule has 10 aromatic rings. The molecule has 9 nitrogen and oxygen atoms in total. The third-order valence-electron chi connectivity index (χ3n) is 23.8. The number of nitrogens with one attached hydrogen (secondary N) is 3. The van der Waals surface area contributed by atoms with Gasteiger partial charge >= 0.3 is 36.3 Å². The summed E-state index contributed by atoms with van der Waals surface area (Å²) in [6.07, 6.45) is 1.57. The Labute approximate surface area is 808 Å². The topological polar surface area (TPSA) is 151 Å². The Morgan fingerprint density at radius 2 is 0.687 bits per heavy atom. The molecule has 6 atom stereocenters. The number of rotatable bonds is 17. The van der Waals surface area contributed by atoms with Gasteiger partial charge < -0.3 is 26.8 Å². The summed E-state index contributed by atoms with van der Waals surface area (Å²) in [5.41, 5.74) is 40.6. The highest BCUT2D eigenvalue weighted by molar-refractivity contribution is 9.10. The van der Waals surface area contributed by atoms with E-state index in [1.165, 1.54) is 90.7 Å². The summed E-state index contributed by atoms with van der Waals surface area (Å²) < 4.78 is 112. The third-order valence-corrected chi connectivity index (χ3v) is 24.3. The van der Waals surface area contributed by atoms with Crippen molar-refractivity contribution in [3.63, 3.8) is 0 Å². The fraction of sp³-hybridized carbons (Fsp3) is 0.439. The lowest BCUT2D eigenvalue weighted by Gasteiger charge is -2.18. The molecule has 731 valence electrons. The number of aliphatic hydroxyl groups is 1. The molecule has 0 bridgehead atoms. The zero-order valence-electron chi connectivity index (χ0n) is 81.6. The number of hydrogen-bond donors (Lipinski definition) is 5. The van der Waals surface area contributed by atoms with E-state index in [2.05, 4.69) is 191 Å². The number of fused-ring (bicyclic) bond motifs is 5. The van der Waals surface area contributed by atoms with Crippen LogP contribution in [0.2, 0.25) is 0 Å². The second-order valence-corrected chi connectivity index (χ2v) is 33.6. The molecule has 0 fully saturated rings. The van der Waals surface area contributed by atoms with E-state index in [0.717, 1.165) is 142 Å². The van der Waals surface area contributed by atoms with Gasteiger partial charge in [-0.25, -0.2) is 0 Å². The Morgan fingerprint density at radius 1 is 0.388 bits per heavy atom. The lowest BCUT2D eigenvalue weighted by molar-refractivity contribution is -0.174. The predicted molar refractivity (Wildman–Crippen MR) is 546 cm³/mol. The molecule has 0 aromatic heterocycles. The van der Waals surface area contributed by atoms with Crippen molar-refractivity contribution in [2.24, 2.45) is 5.73 Å². The number of hydrogen-bond acceptors (Lipinski definition) is 6. The van der Waals surface area contributed by atoms with Gasteiger partial charge in [0.2, 0.25) is 0 Å². The number of halogens is 10. The average Bonchev–Trinajstić information content (AvgIpc) is 1.67. The molecule has 0 heterocycles. The van der Waals surface area contributed by atoms with Crippen LogP contribution in [-0.4, -0.2) is 56.1 Å². The number of alkyl halides is 9. The Bertz CT molecular complexity index is 5230. The van der Waals surface area contributed by atoms with Crippen molar-refractivity contribution in [2.75, 3.05) is 0 Å². The maximum Gasteiger partial charge on any atom is 0.471 e. The quantitative estimate of drug-likeness (QED) is 0.0348. The van der Waals surface area contributed by atoms with Crippen LogP contribution in [0.25, 0.3) is 0 Å². The SMILES string of the molecule is C.C.CC.CC.CC.CC.CC.CCc1cc(C)ccc1C(O)c1ccc2c(c1)CCC2NC(=O)C(F)(F)F.CCc1cc(C)ccc1C=O.CCc1cc(C)ccc1Cc1ccc2c(c1)CCC2C.CCc1cc(C)ccc1Cc1ccc2c(c1)CCC2N.CCc1cc(C)ccc1Cc1ccc2c(c1)CCC2NC(=O)C(F)(F)F.O=C(NC1CCc2cc(Br)ccc21)C(F)(F)F.[2HH].[B]. The Kier molecular flexibility index (Phi) is 52.5. The van der Waals surface area contributed by atoms with Crippen molar-refractivity contribution in [1.29, 1.82) is 0 Å². The van der Waals surface area contributed by atoms with Crippen molar-refractivity contribution in [2.45, 2.75) is 331 Å². The van der Waals surface area contributed by atoms with Crippen LogP contribution in [0.3, 0.4) is 0 Å². The monoisotopic (exact) mass is 1920 g/mol. The molecule has 5 aliphatic rings. The van der Waals surface area contributed by atoms with Crippen LogP contribution in [0.5, 0.6) is 0 Å². The summed E-state index contributed by atoms with van der Waals surface area (Å²) >= 11 is 3.30. The smallest absolute Gasteiger partial charge is 0.384 e. The van der Waals surface area contributed by atoms with Gasteiger partial charge in [0.05, 0.1) is 18.1 Å². The van der Waals surface area contributed by atoms with Crippen molar-refractivity contribution < 1.29 is 65.2 Å². The molecule has 0 spiro atoms. The van der Waals surface area contributed by atoms with Crippen molar-refractivity contribution in [3.05, 3.63) is 348 Å². The molecular weight excluding hydrogens is 1770 g/mol. The van der Waals surface area contributed by atoms with E-state index in [9.17, 15) is 63.8 Å². The van der Waals surface area contributed by atoms with Gasteiger partial charge in [-0.2, -0.15) is 39.5 Å². The minimum Gasteiger partial charge on any atom is -0.384 e. The molecule has 3 radical (unpaired) electrons. The van der Waals surface area contributed by atoms with Crippen molar-refractivity contribution in [1.82, 2.24) is 16.0 Å². The summed E-state index contributed by atoms with van der Waals surface area (Å²) in [7, 11) is 0. The van der Waals surface area contributed by atoms with Crippen LogP contribution in [0.1, 0.15) is 361 Å². The van der Waals surface area contributed by atoms with Crippen LogP contribution >= 0.6 is 15.9 Å². The van der Waals surface area contributed by atoms with Crippen LogP contribution in [0.4, 0.5) is 39.5 Å². The zero-order chi connectivity index (χ0) is 97.8. The van der Waals surface area contributed by atoms with Gasteiger partial charge in [-0.1, -0.05) is 339 Å². The maximum absolute atomic E-state index is 12.5. The first-order valence-corrected chi connectivity index (χ1v) is 48.0. The molecule has 0 aliphatic heterocycles. The highest BCUT2D eigenvalue weighted by atomic mass is 79.9. The maximum atomic E-state index is 12.5. The van der Waals surface area contributed by atoms with Crippen molar-refractivity contribution >= 4 is 48.4 Å². The predicted octanol–water partition coefficient (Wildman–Crippen LogP) is 30.2. The lowest BCUT2D eigenvalue weighted by Crippen LogP contribution is -2.38. The largest absolute Gasteiger partial charge is 0.471 e. The summed E-state index contributed by atoms with van der Waals surface area (Å²) in [6, 6.07) is 61.0. The second-order valence-electron chi connectivity index (χ2n) is 32.7. The lowest BCUT2D eigenvalue weighted by atomic mass is 9.92. The van der Waals surface area contributed by atoms with Crippen LogP contribution in [0.15, 0.2) is 186 Å². The van der Waals surface area contributed by atoms with Crippen LogP contribution in [-0.2, 0) is 97.9 Å². The van der Waals surface area contributed by atoms with Gasteiger partial charge in [-0.3, -0.25) is 19.2 Å². The first-order chi connectivity index (χ1) is 62.5. The third kappa shape index (κ3) is 34.7. The number of amides is 3. The number of benzene rings is 10. The summed E-state index contributed by atoms with van der Waals surface area (Å²) in [5.74, 6) is -4.91. The van der Waals surface area contributed by atoms with E-state index in [1.54, 1.807) is 35.4 Å². The molecule has 15 rings (SSSR count). The van der Waals surface area contributed by atoms with E-state index in [-0.39, 0.29) is 30.7 Å². The average molecular weight is 1920 g/mol. The number of aldehydes is 1. The minimum atomic E-state index is -4.89. The molecule has 6 unspecified atom stereocenters. The number of aryl methyl sites for hydroxylation is 15. The molecule has 3 amide bonds.